The highest BCUT2D eigenvalue weighted by Crippen LogP contribution is 2.33. The molecule has 2 amide bonds. The second-order valence-corrected chi connectivity index (χ2v) is 7.49. The van der Waals surface area contributed by atoms with Gasteiger partial charge < -0.3 is 10.1 Å². The van der Waals surface area contributed by atoms with Crippen molar-refractivity contribution in [3.63, 3.8) is 0 Å². The van der Waals surface area contributed by atoms with Gasteiger partial charge in [0.1, 0.15) is 12.4 Å². The number of hydrogen-bond acceptors (Lipinski definition) is 4. The van der Waals surface area contributed by atoms with Crippen LogP contribution in [0.4, 0.5) is 18.9 Å². The minimum atomic E-state index is -4.63. The molecule has 2 N–H and O–H groups in total. The summed E-state index contributed by atoms with van der Waals surface area (Å²) in [7, 11) is 0. The molecule has 0 spiro atoms. The number of nitrogens with zero attached hydrogens (tertiary/aromatic N) is 1. The van der Waals surface area contributed by atoms with Gasteiger partial charge in [-0.05, 0) is 60.5 Å². The predicted molar refractivity (Wildman–Crippen MR) is 123 cm³/mol. The summed E-state index contributed by atoms with van der Waals surface area (Å²) in [6.07, 6.45) is -4.63. The van der Waals surface area contributed by atoms with Crippen LogP contribution in [0, 0.1) is 0 Å². The second kappa shape index (κ2) is 10.8. The van der Waals surface area contributed by atoms with Crippen molar-refractivity contribution in [1.82, 2.24) is 5.43 Å². The number of hydrogen-bond donors (Lipinski definition) is 2. The number of carbonyl (C=O) groups is 2. The monoisotopic (exact) mass is 489 g/mol. The molecule has 0 fully saturated rings. The SMILES string of the molecule is C/C(=N\NC(=O)C(=O)Nc1cc(C(F)(F)F)ccc1Cl)c1ccc(OCc2ccccc2)cc1. The van der Waals surface area contributed by atoms with Crippen molar-refractivity contribution in [1.29, 1.82) is 0 Å². The van der Waals surface area contributed by atoms with Crippen LogP contribution in [-0.4, -0.2) is 17.5 Å². The summed E-state index contributed by atoms with van der Waals surface area (Å²) in [5.74, 6) is -1.75. The van der Waals surface area contributed by atoms with E-state index < -0.39 is 23.6 Å². The quantitative estimate of drug-likeness (QED) is 0.276. The third-order valence-corrected chi connectivity index (χ3v) is 4.92. The number of nitrogens with one attached hydrogen (secondary N) is 2. The molecule has 0 saturated heterocycles. The van der Waals surface area contributed by atoms with Gasteiger partial charge >= 0.3 is 18.0 Å². The third kappa shape index (κ3) is 6.82. The summed E-state index contributed by atoms with van der Waals surface area (Å²) in [6.45, 7) is 2.02. The maximum Gasteiger partial charge on any atom is 0.416 e. The molecule has 176 valence electrons. The fourth-order valence-electron chi connectivity index (χ4n) is 2.76. The van der Waals surface area contributed by atoms with Gasteiger partial charge in [0.05, 0.1) is 22.0 Å². The van der Waals surface area contributed by atoms with Crippen molar-refractivity contribution in [2.75, 3.05) is 5.32 Å². The molecule has 0 aliphatic rings. The van der Waals surface area contributed by atoms with Gasteiger partial charge in [-0.15, -0.1) is 0 Å². The molecule has 0 aromatic heterocycles. The van der Waals surface area contributed by atoms with Gasteiger partial charge in [-0.2, -0.15) is 18.3 Å². The van der Waals surface area contributed by atoms with Gasteiger partial charge in [0.2, 0.25) is 0 Å². The van der Waals surface area contributed by atoms with E-state index in [1.807, 2.05) is 30.3 Å². The van der Waals surface area contributed by atoms with Gasteiger partial charge in [-0.25, -0.2) is 5.43 Å². The molecule has 0 aliphatic carbocycles. The van der Waals surface area contributed by atoms with Crippen molar-refractivity contribution in [3.8, 4) is 5.75 Å². The highest BCUT2D eigenvalue weighted by molar-refractivity contribution is 6.41. The molecule has 0 aliphatic heterocycles. The van der Waals surface area contributed by atoms with E-state index in [9.17, 15) is 22.8 Å². The van der Waals surface area contributed by atoms with Crippen molar-refractivity contribution in [2.45, 2.75) is 19.7 Å². The molecule has 0 bridgehead atoms. The van der Waals surface area contributed by atoms with Gasteiger partial charge in [0.25, 0.3) is 0 Å². The normalized spacial score (nSPS) is 11.6. The molecule has 3 aromatic carbocycles. The first-order chi connectivity index (χ1) is 16.1. The summed E-state index contributed by atoms with van der Waals surface area (Å²) in [5, 5.41) is 5.76. The van der Waals surface area contributed by atoms with Crippen molar-refractivity contribution < 1.29 is 27.5 Å². The molecule has 0 heterocycles. The van der Waals surface area contributed by atoms with Crippen LogP contribution in [0.5, 0.6) is 5.75 Å². The van der Waals surface area contributed by atoms with Gasteiger partial charge in [0.15, 0.2) is 0 Å². The molecular weight excluding hydrogens is 471 g/mol. The number of alkyl halides is 3. The van der Waals surface area contributed by atoms with Crippen LogP contribution in [0.15, 0.2) is 77.9 Å². The lowest BCUT2D eigenvalue weighted by Gasteiger charge is -2.11. The number of benzene rings is 3. The van der Waals surface area contributed by atoms with Gasteiger partial charge in [-0.3, -0.25) is 9.59 Å². The van der Waals surface area contributed by atoms with Crippen LogP contribution >= 0.6 is 11.6 Å². The summed E-state index contributed by atoms with van der Waals surface area (Å²) >= 11 is 5.82. The van der Waals surface area contributed by atoms with Crippen LogP contribution in [0.3, 0.4) is 0 Å². The lowest BCUT2D eigenvalue weighted by atomic mass is 10.1. The lowest BCUT2D eigenvalue weighted by molar-refractivity contribution is -0.137. The van der Waals surface area contributed by atoms with E-state index in [0.717, 1.165) is 17.7 Å². The van der Waals surface area contributed by atoms with E-state index in [0.29, 0.717) is 29.7 Å². The second-order valence-electron chi connectivity index (χ2n) is 7.08. The molecule has 0 saturated carbocycles. The molecule has 3 aromatic rings. The molecule has 0 atom stereocenters. The summed E-state index contributed by atoms with van der Waals surface area (Å²) in [6, 6.07) is 19.0. The van der Waals surface area contributed by atoms with Crippen LogP contribution in [0.1, 0.15) is 23.6 Å². The number of ether oxygens (including phenoxy) is 1. The molecule has 3 rings (SSSR count). The Kier molecular flexibility index (Phi) is 7.91. The predicted octanol–water partition coefficient (Wildman–Crippen LogP) is 5.42. The first-order valence-electron chi connectivity index (χ1n) is 9.93. The third-order valence-electron chi connectivity index (χ3n) is 4.59. The molecule has 34 heavy (non-hydrogen) atoms. The van der Waals surface area contributed by atoms with Crippen LogP contribution < -0.4 is 15.5 Å². The zero-order chi connectivity index (χ0) is 24.7. The zero-order valence-electron chi connectivity index (χ0n) is 17.8. The van der Waals surface area contributed by atoms with E-state index in [4.69, 9.17) is 16.3 Å². The summed E-state index contributed by atoms with van der Waals surface area (Å²) in [5.41, 5.74) is 2.79. The largest absolute Gasteiger partial charge is 0.489 e. The Morgan fingerprint density at radius 1 is 0.971 bits per heavy atom. The van der Waals surface area contributed by atoms with Crippen LogP contribution in [0.2, 0.25) is 5.02 Å². The Morgan fingerprint density at radius 3 is 2.29 bits per heavy atom. The molecule has 6 nitrogen and oxygen atoms in total. The average Bonchev–Trinajstić information content (AvgIpc) is 2.82. The maximum absolute atomic E-state index is 12.9. The highest BCUT2D eigenvalue weighted by atomic mass is 35.5. The van der Waals surface area contributed by atoms with E-state index in [1.54, 1.807) is 31.2 Å². The number of carbonyl (C=O) groups excluding carboxylic acids is 2. The first kappa shape index (κ1) is 24.8. The van der Waals surface area contributed by atoms with Crippen molar-refractivity contribution in [3.05, 3.63) is 94.5 Å². The van der Waals surface area contributed by atoms with E-state index in [-0.39, 0.29) is 10.7 Å². The Hall–Kier alpha value is -3.85. The maximum atomic E-state index is 12.9. The lowest BCUT2D eigenvalue weighted by Crippen LogP contribution is -2.33. The van der Waals surface area contributed by atoms with E-state index in [1.165, 1.54) is 0 Å². The number of halogens is 4. The molecular formula is C24H19ClF3N3O3. The number of rotatable bonds is 6. The standard InChI is InChI=1S/C24H19ClF3N3O3/c1-15(17-7-10-19(11-8-17)34-14-16-5-3-2-4-6-16)30-31-23(33)22(32)29-21-13-18(24(26,27)28)9-12-20(21)25/h2-13H,14H2,1H3,(H,29,32)(H,31,33)/b30-15+. The van der Waals surface area contributed by atoms with Crippen molar-refractivity contribution in [2.24, 2.45) is 5.10 Å². The Morgan fingerprint density at radius 2 is 1.65 bits per heavy atom. The molecule has 0 radical (unpaired) electrons. The minimum Gasteiger partial charge on any atom is -0.489 e. The van der Waals surface area contributed by atoms with Crippen LogP contribution in [0.25, 0.3) is 0 Å². The Balaban J connectivity index is 1.57. The molecule has 0 unspecified atom stereocenters. The van der Waals surface area contributed by atoms with Gasteiger partial charge in [0, 0.05) is 0 Å². The fraction of sp³-hybridized carbons (Fsp3) is 0.125. The van der Waals surface area contributed by atoms with Crippen LogP contribution in [-0.2, 0) is 22.4 Å². The Bertz CT molecular complexity index is 1200. The number of anilines is 1. The number of amides is 2. The van der Waals surface area contributed by atoms with Crippen molar-refractivity contribution >= 4 is 34.8 Å². The number of hydrazone groups is 1. The van der Waals surface area contributed by atoms with Gasteiger partial charge in [-0.1, -0.05) is 41.9 Å². The highest BCUT2D eigenvalue weighted by Gasteiger charge is 2.31. The summed E-state index contributed by atoms with van der Waals surface area (Å²) < 4.78 is 44.3. The first-order valence-corrected chi connectivity index (χ1v) is 10.3. The molecule has 10 heteroatoms. The zero-order valence-corrected chi connectivity index (χ0v) is 18.6. The Labute approximate surface area is 198 Å². The average molecular weight is 490 g/mol. The van der Waals surface area contributed by atoms with E-state index >= 15 is 0 Å². The summed E-state index contributed by atoms with van der Waals surface area (Å²) in [4.78, 5) is 24.1. The smallest absolute Gasteiger partial charge is 0.416 e. The van der Waals surface area contributed by atoms with E-state index in [2.05, 4.69) is 15.8 Å². The minimum absolute atomic E-state index is 0.150. The fourth-order valence-corrected chi connectivity index (χ4v) is 2.92. The topological polar surface area (TPSA) is 79.8 Å².